The van der Waals surface area contributed by atoms with Crippen LogP contribution in [0.3, 0.4) is 0 Å². The minimum Gasteiger partial charge on any atom is -0.355 e. The fourth-order valence-electron chi connectivity index (χ4n) is 3.48. The molecule has 0 unspecified atom stereocenters. The van der Waals surface area contributed by atoms with Gasteiger partial charge in [-0.15, -0.1) is 0 Å². The number of nitrogens with one attached hydrogen (secondary N) is 2. The molecule has 1 atom stereocenters. The topological polar surface area (TPSA) is 87.5 Å². The Hall–Kier alpha value is -3.07. The van der Waals surface area contributed by atoms with Gasteiger partial charge in [-0.3, -0.25) is 4.79 Å². The van der Waals surface area contributed by atoms with E-state index in [1.165, 1.54) is 12.3 Å². The summed E-state index contributed by atoms with van der Waals surface area (Å²) in [6.07, 6.45) is 5.75. The molecule has 0 aliphatic carbocycles. The second-order valence-corrected chi connectivity index (χ2v) is 7.02. The van der Waals surface area contributed by atoms with Gasteiger partial charge in [0.05, 0.1) is 23.1 Å². The second-order valence-electron chi connectivity index (χ2n) is 7.02. The number of carbonyl (C=O) groups is 1. The lowest BCUT2D eigenvalue weighted by atomic mass is 10.2. The summed E-state index contributed by atoms with van der Waals surface area (Å²) in [6, 6.07) is 1.68. The molecule has 3 aromatic rings. The van der Waals surface area contributed by atoms with Crippen LogP contribution in [0.15, 0.2) is 24.7 Å². The van der Waals surface area contributed by atoms with E-state index in [1.807, 2.05) is 32.0 Å². The highest BCUT2D eigenvalue weighted by Crippen LogP contribution is 2.21. The molecule has 0 aromatic carbocycles. The molecule has 4 rings (SSSR count). The Morgan fingerprint density at radius 1 is 1.29 bits per heavy atom. The van der Waals surface area contributed by atoms with Crippen molar-refractivity contribution in [2.45, 2.75) is 26.3 Å². The van der Waals surface area contributed by atoms with Crippen LogP contribution in [0.1, 0.15) is 28.2 Å². The molecule has 146 valence electrons. The maximum Gasteiger partial charge on any atom is 0.261 e. The van der Waals surface area contributed by atoms with Gasteiger partial charge in [0, 0.05) is 37.6 Å². The van der Waals surface area contributed by atoms with Crippen LogP contribution in [-0.4, -0.2) is 51.4 Å². The van der Waals surface area contributed by atoms with E-state index in [2.05, 4.69) is 25.6 Å². The van der Waals surface area contributed by atoms with Crippen LogP contribution in [0.25, 0.3) is 5.65 Å². The number of fused-ring (bicyclic) bond motifs is 1. The van der Waals surface area contributed by atoms with Gasteiger partial charge in [-0.2, -0.15) is 0 Å². The molecular weight excluding hydrogens is 361 g/mol. The van der Waals surface area contributed by atoms with E-state index in [9.17, 15) is 9.18 Å². The monoisotopic (exact) mass is 383 g/mol. The number of pyridine rings is 1. The summed E-state index contributed by atoms with van der Waals surface area (Å²) in [6.45, 7) is 5.26. The summed E-state index contributed by atoms with van der Waals surface area (Å²) < 4.78 is 16.4. The van der Waals surface area contributed by atoms with Crippen LogP contribution in [0, 0.1) is 19.7 Å². The number of likely N-dealkylation sites (N-methyl/N-ethyl adjacent to an activating group) is 1. The molecule has 28 heavy (non-hydrogen) atoms. The van der Waals surface area contributed by atoms with Crippen molar-refractivity contribution in [2.24, 2.45) is 0 Å². The smallest absolute Gasteiger partial charge is 0.261 e. The van der Waals surface area contributed by atoms with Gasteiger partial charge < -0.3 is 19.9 Å². The molecule has 0 saturated carbocycles. The van der Waals surface area contributed by atoms with Crippen LogP contribution >= 0.6 is 0 Å². The van der Waals surface area contributed by atoms with E-state index in [0.717, 1.165) is 30.9 Å². The van der Waals surface area contributed by atoms with Gasteiger partial charge in [-0.1, -0.05) is 0 Å². The van der Waals surface area contributed by atoms with Crippen molar-refractivity contribution < 1.29 is 9.18 Å². The first kappa shape index (κ1) is 18.3. The Morgan fingerprint density at radius 3 is 2.82 bits per heavy atom. The van der Waals surface area contributed by atoms with Crippen molar-refractivity contribution in [3.8, 4) is 0 Å². The molecule has 1 aliphatic heterocycles. The van der Waals surface area contributed by atoms with Crippen molar-refractivity contribution in [3.63, 3.8) is 0 Å². The van der Waals surface area contributed by atoms with Crippen LogP contribution < -0.4 is 15.5 Å². The molecule has 2 N–H and O–H groups in total. The third kappa shape index (κ3) is 3.40. The Balaban J connectivity index is 1.53. The van der Waals surface area contributed by atoms with Gasteiger partial charge in [0.1, 0.15) is 17.5 Å². The number of aryl methyl sites for hydroxylation is 2. The zero-order valence-electron chi connectivity index (χ0n) is 16.0. The van der Waals surface area contributed by atoms with Crippen molar-refractivity contribution in [3.05, 3.63) is 47.4 Å². The molecule has 0 spiro atoms. The maximum absolute atomic E-state index is 14.6. The third-order valence-electron chi connectivity index (χ3n) is 4.97. The molecule has 0 radical (unpaired) electrons. The summed E-state index contributed by atoms with van der Waals surface area (Å²) in [5.41, 5.74) is 2.13. The van der Waals surface area contributed by atoms with E-state index < -0.39 is 11.7 Å². The normalized spacial score (nSPS) is 16.7. The number of aromatic nitrogens is 4. The van der Waals surface area contributed by atoms with Gasteiger partial charge in [0.25, 0.3) is 5.91 Å². The fourth-order valence-corrected chi connectivity index (χ4v) is 3.48. The molecule has 8 nitrogen and oxygen atoms in total. The molecule has 1 fully saturated rings. The quantitative estimate of drug-likeness (QED) is 0.716. The number of hydrogen-bond acceptors (Lipinski definition) is 6. The number of nitrogens with zero attached hydrogens (tertiary/aromatic N) is 5. The Kier molecular flexibility index (Phi) is 4.68. The summed E-state index contributed by atoms with van der Waals surface area (Å²) in [5.74, 6) is -0.329. The lowest BCUT2D eigenvalue weighted by molar-refractivity contribution is 0.102. The summed E-state index contributed by atoms with van der Waals surface area (Å²) in [4.78, 5) is 27.5. The van der Waals surface area contributed by atoms with E-state index in [0.29, 0.717) is 23.4 Å². The number of hydrogen-bond donors (Lipinski definition) is 2. The largest absolute Gasteiger partial charge is 0.355 e. The van der Waals surface area contributed by atoms with Crippen LogP contribution in [0.4, 0.5) is 16.0 Å². The number of halogens is 1. The zero-order chi connectivity index (χ0) is 19.8. The number of anilines is 2. The van der Waals surface area contributed by atoms with Gasteiger partial charge >= 0.3 is 0 Å². The Bertz CT molecular complexity index is 1050. The number of carbonyl (C=O) groups excluding carboxylic acids is 1. The van der Waals surface area contributed by atoms with Crippen LogP contribution in [-0.2, 0) is 0 Å². The molecule has 0 bridgehead atoms. The molecule has 4 heterocycles. The van der Waals surface area contributed by atoms with Gasteiger partial charge in [-0.05, 0) is 27.3 Å². The summed E-state index contributed by atoms with van der Waals surface area (Å²) in [5, 5.41) is 5.86. The first-order chi connectivity index (χ1) is 13.4. The van der Waals surface area contributed by atoms with Crippen molar-refractivity contribution in [1.82, 2.24) is 24.7 Å². The van der Waals surface area contributed by atoms with E-state index in [-0.39, 0.29) is 5.56 Å². The molecular formula is C19H22FN7O. The summed E-state index contributed by atoms with van der Waals surface area (Å²) in [7, 11) is 1.91. The average molecular weight is 383 g/mol. The van der Waals surface area contributed by atoms with Gasteiger partial charge in [0.15, 0.2) is 5.65 Å². The average Bonchev–Trinajstić information content (AvgIpc) is 3.27. The van der Waals surface area contributed by atoms with E-state index in [1.54, 1.807) is 10.6 Å². The number of rotatable bonds is 4. The minimum atomic E-state index is -0.605. The molecule has 3 aromatic heterocycles. The van der Waals surface area contributed by atoms with Crippen molar-refractivity contribution in [1.29, 1.82) is 0 Å². The first-order valence-electron chi connectivity index (χ1n) is 9.16. The highest BCUT2D eigenvalue weighted by atomic mass is 19.1. The highest BCUT2D eigenvalue weighted by molar-refractivity contribution is 6.03. The zero-order valence-corrected chi connectivity index (χ0v) is 16.0. The molecule has 1 saturated heterocycles. The van der Waals surface area contributed by atoms with Crippen LogP contribution in [0.5, 0.6) is 0 Å². The van der Waals surface area contributed by atoms with Crippen molar-refractivity contribution in [2.75, 3.05) is 30.4 Å². The second kappa shape index (κ2) is 7.16. The first-order valence-corrected chi connectivity index (χ1v) is 9.16. The Morgan fingerprint density at radius 2 is 2.11 bits per heavy atom. The lowest BCUT2D eigenvalue weighted by Gasteiger charge is -2.18. The van der Waals surface area contributed by atoms with E-state index >= 15 is 0 Å². The molecule has 9 heteroatoms. The predicted molar refractivity (Wildman–Crippen MR) is 104 cm³/mol. The van der Waals surface area contributed by atoms with Gasteiger partial charge in [-0.25, -0.2) is 19.3 Å². The minimum absolute atomic E-state index is 0.116. The lowest BCUT2D eigenvalue weighted by Crippen LogP contribution is -2.30. The summed E-state index contributed by atoms with van der Waals surface area (Å²) >= 11 is 0. The van der Waals surface area contributed by atoms with Crippen molar-refractivity contribution >= 4 is 23.2 Å². The SMILES string of the molecule is CN[C@@H]1CCN(c2cc(F)c(C(=O)Nc3cn4cc(C)nc4c(C)n3)cn2)C1. The fraction of sp³-hybridized carbons (Fsp3) is 0.368. The maximum atomic E-state index is 14.6. The van der Waals surface area contributed by atoms with Crippen LogP contribution in [0.2, 0.25) is 0 Å². The number of imidazole rings is 1. The van der Waals surface area contributed by atoms with Gasteiger partial charge in [0.2, 0.25) is 0 Å². The third-order valence-corrected chi connectivity index (χ3v) is 4.97. The molecule has 1 amide bonds. The predicted octanol–water partition coefficient (Wildman–Crippen LogP) is 1.93. The molecule has 1 aliphatic rings. The number of amides is 1. The highest BCUT2D eigenvalue weighted by Gasteiger charge is 2.23. The Labute approximate surface area is 161 Å². The van der Waals surface area contributed by atoms with E-state index in [4.69, 9.17) is 0 Å². The standard InChI is InChI=1S/C19H22FN7O/c1-11-8-27-10-16(24-12(2)18(27)23-11)25-19(28)14-7-22-17(6-15(14)20)26-5-4-13(9-26)21-3/h6-8,10,13,21H,4-5,9H2,1-3H3,(H,25,28)/t13-/m1/s1.